The number of halogens is 1. The summed E-state index contributed by atoms with van der Waals surface area (Å²) in [6.45, 7) is 8.31. The van der Waals surface area contributed by atoms with E-state index in [-0.39, 0.29) is 23.1 Å². The standard InChI is InChI=1S/C26H27ClN4O5/c1-26(2,3)25(33)30-14-12-29(13-15-30)21-9-8-17(16-19(21)27)28-24(32)23-11-10-22(36-23)18-6-4-5-7-20(18)31(34)35/h4-11,16H,12-15H2,1-3H3,(H,28,32). The first-order chi connectivity index (χ1) is 17.0. The van der Waals surface area contributed by atoms with Gasteiger partial charge in [-0.3, -0.25) is 19.7 Å². The molecule has 0 unspecified atom stereocenters. The third kappa shape index (κ3) is 5.36. The van der Waals surface area contributed by atoms with Crippen molar-refractivity contribution in [3.63, 3.8) is 0 Å². The lowest BCUT2D eigenvalue weighted by atomic mass is 9.94. The maximum absolute atomic E-state index is 12.7. The van der Waals surface area contributed by atoms with E-state index < -0.39 is 16.2 Å². The minimum absolute atomic E-state index is 0.0167. The Labute approximate surface area is 213 Å². The molecule has 188 valence electrons. The van der Waals surface area contributed by atoms with Crippen LogP contribution >= 0.6 is 11.6 Å². The zero-order valence-corrected chi connectivity index (χ0v) is 21.0. The molecule has 36 heavy (non-hydrogen) atoms. The Kier molecular flexibility index (Phi) is 7.03. The van der Waals surface area contributed by atoms with E-state index in [4.69, 9.17) is 16.0 Å². The molecule has 0 saturated carbocycles. The van der Waals surface area contributed by atoms with Gasteiger partial charge in [-0.15, -0.1) is 0 Å². The molecule has 0 radical (unpaired) electrons. The predicted molar refractivity (Wildman–Crippen MR) is 138 cm³/mol. The van der Waals surface area contributed by atoms with Gasteiger partial charge in [0.25, 0.3) is 11.6 Å². The van der Waals surface area contributed by atoms with Crippen molar-refractivity contribution in [2.45, 2.75) is 20.8 Å². The van der Waals surface area contributed by atoms with Crippen molar-refractivity contribution < 1.29 is 18.9 Å². The number of nitro benzene ring substituents is 1. The molecule has 1 fully saturated rings. The summed E-state index contributed by atoms with van der Waals surface area (Å²) in [4.78, 5) is 40.0. The Morgan fingerprint density at radius 3 is 2.36 bits per heavy atom. The Hall–Kier alpha value is -3.85. The van der Waals surface area contributed by atoms with E-state index in [9.17, 15) is 19.7 Å². The van der Waals surface area contributed by atoms with E-state index in [1.165, 1.54) is 18.2 Å². The number of hydrogen-bond acceptors (Lipinski definition) is 6. The molecule has 10 heteroatoms. The summed E-state index contributed by atoms with van der Waals surface area (Å²) in [5.41, 5.74) is 1.08. The zero-order valence-electron chi connectivity index (χ0n) is 20.3. The van der Waals surface area contributed by atoms with E-state index in [0.29, 0.717) is 42.5 Å². The fraction of sp³-hybridized carbons (Fsp3) is 0.308. The van der Waals surface area contributed by atoms with Crippen molar-refractivity contribution in [1.29, 1.82) is 0 Å². The first kappa shape index (κ1) is 25.2. The van der Waals surface area contributed by atoms with Crippen LogP contribution in [0, 0.1) is 15.5 Å². The number of amides is 2. The number of hydrogen-bond donors (Lipinski definition) is 1. The Morgan fingerprint density at radius 2 is 1.72 bits per heavy atom. The molecule has 9 nitrogen and oxygen atoms in total. The molecular formula is C26H27ClN4O5. The van der Waals surface area contributed by atoms with Crippen molar-refractivity contribution >= 4 is 40.5 Å². The number of carbonyl (C=O) groups is 2. The van der Waals surface area contributed by atoms with Crippen molar-refractivity contribution in [3.8, 4) is 11.3 Å². The van der Waals surface area contributed by atoms with Crippen molar-refractivity contribution in [2.24, 2.45) is 5.41 Å². The van der Waals surface area contributed by atoms with Gasteiger partial charge in [0.15, 0.2) is 5.76 Å². The van der Waals surface area contributed by atoms with Crippen LogP contribution in [-0.4, -0.2) is 47.8 Å². The minimum atomic E-state index is -0.502. The largest absolute Gasteiger partial charge is 0.451 e. The fourth-order valence-electron chi connectivity index (χ4n) is 4.10. The number of anilines is 2. The molecule has 3 aromatic rings. The lowest BCUT2D eigenvalue weighted by Crippen LogP contribution is -2.51. The first-order valence-corrected chi connectivity index (χ1v) is 11.9. The molecule has 0 spiro atoms. The van der Waals surface area contributed by atoms with Crippen molar-refractivity contribution in [2.75, 3.05) is 36.4 Å². The van der Waals surface area contributed by atoms with Crippen LogP contribution in [0.2, 0.25) is 5.02 Å². The van der Waals surface area contributed by atoms with Gasteiger partial charge in [0.1, 0.15) is 5.76 Å². The van der Waals surface area contributed by atoms with Crippen LogP contribution in [0.5, 0.6) is 0 Å². The van der Waals surface area contributed by atoms with Gasteiger partial charge in [0.2, 0.25) is 5.91 Å². The molecule has 2 aromatic carbocycles. The van der Waals surface area contributed by atoms with E-state index in [1.807, 2.05) is 31.7 Å². The number of nitrogens with zero attached hydrogens (tertiary/aromatic N) is 3. The smallest absolute Gasteiger partial charge is 0.291 e. The number of para-hydroxylation sites is 1. The van der Waals surface area contributed by atoms with Crippen LogP contribution in [0.1, 0.15) is 31.3 Å². The molecule has 0 bridgehead atoms. The number of carbonyl (C=O) groups excluding carboxylic acids is 2. The summed E-state index contributed by atoms with van der Waals surface area (Å²) in [5, 5.41) is 14.5. The number of benzene rings is 2. The van der Waals surface area contributed by atoms with Gasteiger partial charge in [-0.1, -0.05) is 44.5 Å². The summed E-state index contributed by atoms with van der Waals surface area (Å²) in [6, 6.07) is 14.4. The van der Waals surface area contributed by atoms with Crippen LogP contribution < -0.4 is 10.2 Å². The maximum Gasteiger partial charge on any atom is 0.291 e. The normalized spacial score (nSPS) is 14.0. The molecular weight excluding hydrogens is 484 g/mol. The quantitative estimate of drug-likeness (QED) is 0.361. The van der Waals surface area contributed by atoms with Crippen molar-refractivity contribution in [3.05, 3.63) is 75.5 Å². The number of piperazine rings is 1. The molecule has 4 rings (SSSR count). The summed E-state index contributed by atoms with van der Waals surface area (Å²) >= 11 is 6.53. The second-order valence-corrected chi connectivity index (χ2v) is 9.99. The van der Waals surface area contributed by atoms with Gasteiger partial charge < -0.3 is 19.5 Å². The number of furan rings is 1. The third-order valence-electron chi connectivity index (χ3n) is 5.95. The first-order valence-electron chi connectivity index (χ1n) is 11.5. The molecule has 1 saturated heterocycles. The minimum Gasteiger partial charge on any atom is -0.451 e. The molecule has 1 aliphatic rings. The maximum atomic E-state index is 12.7. The van der Waals surface area contributed by atoms with Gasteiger partial charge in [0, 0.05) is 43.3 Å². The van der Waals surface area contributed by atoms with Crippen LogP contribution in [0.25, 0.3) is 11.3 Å². The third-order valence-corrected chi connectivity index (χ3v) is 6.25. The van der Waals surface area contributed by atoms with Gasteiger partial charge in [0.05, 0.1) is 21.2 Å². The highest BCUT2D eigenvalue weighted by Crippen LogP contribution is 2.32. The van der Waals surface area contributed by atoms with E-state index >= 15 is 0 Å². The predicted octanol–water partition coefficient (Wildman–Crippen LogP) is 5.46. The van der Waals surface area contributed by atoms with Crippen molar-refractivity contribution in [1.82, 2.24) is 4.90 Å². The van der Waals surface area contributed by atoms with Gasteiger partial charge >= 0.3 is 0 Å². The summed E-state index contributed by atoms with van der Waals surface area (Å²) < 4.78 is 5.61. The highest BCUT2D eigenvalue weighted by atomic mass is 35.5. The van der Waals surface area contributed by atoms with Crippen LogP contribution in [0.15, 0.2) is 59.0 Å². The molecule has 1 N–H and O–H groups in total. The zero-order chi connectivity index (χ0) is 26.0. The van der Waals surface area contributed by atoms with E-state index in [0.717, 1.165) is 5.69 Å². The topological polar surface area (TPSA) is 109 Å². The molecule has 2 heterocycles. The fourth-order valence-corrected chi connectivity index (χ4v) is 4.40. The highest BCUT2D eigenvalue weighted by Gasteiger charge is 2.30. The number of nitrogens with one attached hydrogen (secondary N) is 1. The summed E-state index contributed by atoms with van der Waals surface area (Å²) in [5.74, 6) is -0.125. The molecule has 0 aliphatic carbocycles. The van der Waals surface area contributed by atoms with Gasteiger partial charge in [-0.25, -0.2) is 0 Å². The Morgan fingerprint density at radius 1 is 1.03 bits per heavy atom. The summed E-state index contributed by atoms with van der Waals surface area (Å²) in [6.07, 6.45) is 0. The van der Waals surface area contributed by atoms with Crippen LogP contribution in [-0.2, 0) is 4.79 Å². The van der Waals surface area contributed by atoms with Crippen LogP contribution in [0.4, 0.5) is 17.1 Å². The monoisotopic (exact) mass is 510 g/mol. The Bertz CT molecular complexity index is 1310. The molecule has 2 amide bonds. The second-order valence-electron chi connectivity index (χ2n) is 9.59. The molecule has 0 atom stereocenters. The Balaban J connectivity index is 1.42. The van der Waals surface area contributed by atoms with Gasteiger partial charge in [-0.2, -0.15) is 0 Å². The average Bonchev–Trinajstić information content (AvgIpc) is 3.34. The van der Waals surface area contributed by atoms with E-state index in [2.05, 4.69) is 10.2 Å². The van der Waals surface area contributed by atoms with Gasteiger partial charge in [-0.05, 0) is 36.4 Å². The molecule has 1 aliphatic heterocycles. The molecule has 1 aromatic heterocycles. The lowest BCUT2D eigenvalue weighted by molar-refractivity contribution is -0.384. The SMILES string of the molecule is CC(C)(C)C(=O)N1CCN(c2ccc(NC(=O)c3ccc(-c4ccccc4[N+](=O)[O-])o3)cc2Cl)CC1. The highest BCUT2D eigenvalue weighted by molar-refractivity contribution is 6.33. The second kappa shape index (κ2) is 10.0. The van der Waals surface area contributed by atoms with Crippen LogP contribution in [0.3, 0.4) is 0 Å². The number of nitro groups is 1. The average molecular weight is 511 g/mol. The lowest BCUT2D eigenvalue weighted by Gasteiger charge is -2.39. The number of rotatable bonds is 5. The van der Waals surface area contributed by atoms with E-state index in [1.54, 1.807) is 30.3 Å². The summed E-state index contributed by atoms with van der Waals surface area (Å²) in [7, 11) is 0.